The molecule has 1 aromatic carbocycles. The predicted molar refractivity (Wildman–Crippen MR) is 90.1 cm³/mol. The first-order valence-electron chi connectivity index (χ1n) is 7.23. The van der Waals surface area contributed by atoms with E-state index in [1.807, 2.05) is 0 Å². The number of rotatable bonds is 3. The van der Waals surface area contributed by atoms with Gasteiger partial charge in [0.2, 0.25) is 0 Å². The van der Waals surface area contributed by atoms with E-state index in [1.54, 1.807) is 29.5 Å². The molecule has 0 saturated heterocycles. The second-order valence-electron chi connectivity index (χ2n) is 5.42. The number of thiophene rings is 1. The first-order chi connectivity index (χ1) is 10.1. The smallest absolute Gasteiger partial charge is 0.177 e. The molecular weight excluding hydrogens is 323 g/mol. The quantitative estimate of drug-likeness (QED) is 0.514. The summed E-state index contributed by atoms with van der Waals surface area (Å²) in [5, 5.41) is 1.13. The molecule has 1 aromatic heterocycles. The Bertz CT molecular complexity index is 632. The van der Waals surface area contributed by atoms with Gasteiger partial charge in [-0.25, -0.2) is 0 Å². The predicted octanol–water partition coefficient (Wildman–Crippen LogP) is 5.75. The van der Waals surface area contributed by atoms with Crippen LogP contribution in [0.3, 0.4) is 0 Å². The molecule has 21 heavy (non-hydrogen) atoms. The number of carbonyl (C=O) groups is 1. The van der Waals surface area contributed by atoms with Crippen molar-refractivity contribution >= 4 is 40.3 Å². The molecule has 0 saturated carbocycles. The SMILES string of the molecule is O=C(Cc1c(Cl)cccc1Cl)c1cc2c(s1)CCCCC2. The van der Waals surface area contributed by atoms with Gasteiger partial charge in [-0.1, -0.05) is 35.7 Å². The second-order valence-corrected chi connectivity index (χ2v) is 7.37. The standard InChI is InChI=1S/C17H16Cl2OS/c18-13-6-4-7-14(19)12(13)10-15(20)17-9-11-5-2-1-3-8-16(11)21-17/h4,6-7,9H,1-3,5,8,10H2. The van der Waals surface area contributed by atoms with E-state index in [0.29, 0.717) is 10.0 Å². The number of halogens is 2. The highest BCUT2D eigenvalue weighted by Gasteiger charge is 2.18. The molecule has 1 aliphatic rings. The van der Waals surface area contributed by atoms with Gasteiger partial charge in [0.1, 0.15) is 0 Å². The van der Waals surface area contributed by atoms with Crippen molar-refractivity contribution in [1.82, 2.24) is 0 Å². The number of carbonyl (C=O) groups excluding carboxylic acids is 1. The van der Waals surface area contributed by atoms with Crippen LogP contribution in [0.25, 0.3) is 0 Å². The van der Waals surface area contributed by atoms with Crippen molar-refractivity contribution in [3.05, 3.63) is 55.2 Å². The van der Waals surface area contributed by atoms with Crippen molar-refractivity contribution in [3.63, 3.8) is 0 Å². The molecule has 1 nitrogen and oxygen atoms in total. The molecule has 0 radical (unpaired) electrons. The summed E-state index contributed by atoms with van der Waals surface area (Å²) in [6, 6.07) is 7.43. The Balaban J connectivity index is 1.83. The third-order valence-corrected chi connectivity index (χ3v) is 5.91. The molecule has 1 heterocycles. The molecule has 0 N–H and O–H groups in total. The van der Waals surface area contributed by atoms with Crippen LogP contribution in [0.15, 0.2) is 24.3 Å². The number of Topliss-reactive ketones (excluding diaryl/α,β-unsaturated/α-hetero) is 1. The molecular formula is C17H16Cl2OS. The average molecular weight is 339 g/mol. The van der Waals surface area contributed by atoms with Gasteiger partial charge in [-0.2, -0.15) is 0 Å². The van der Waals surface area contributed by atoms with Crippen molar-refractivity contribution in [2.45, 2.75) is 38.5 Å². The maximum atomic E-state index is 12.5. The minimum Gasteiger partial charge on any atom is -0.293 e. The third kappa shape index (κ3) is 3.33. The van der Waals surface area contributed by atoms with Crippen molar-refractivity contribution in [1.29, 1.82) is 0 Å². The zero-order chi connectivity index (χ0) is 14.8. The molecule has 110 valence electrons. The zero-order valence-electron chi connectivity index (χ0n) is 11.6. The maximum absolute atomic E-state index is 12.5. The van der Waals surface area contributed by atoms with E-state index in [4.69, 9.17) is 23.2 Å². The summed E-state index contributed by atoms with van der Waals surface area (Å²) in [7, 11) is 0. The van der Waals surface area contributed by atoms with Gasteiger partial charge in [-0.05, 0) is 55.0 Å². The van der Waals surface area contributed by atoms with E-state index in [2.05, 4.69) is 6.07 Å². The second kappa shape index (κ2) is 6.51. The van der Waals surface area contributed by atoms with E-state index in [-0.39, 0.29) is 12.2 Å². The number of ketones is 1. The molecule has 0 amide bonds. The Labute approximate surface area is 138 Å². The highest BCUT2D eigenvalue weighted by atomic mass is 35.5. The fourth-order valence-corrected chi connectivity index (χ4v) is 4.48. The van der Waals surface area contributed by atoms with Crippen LogP contribution in [0.1, 0.15) is 44.9 Å². The number of benzene rings is 1. The van der Waals surface area contributed by atoms with Crippen LogP contribution in [0.4, 0.5) is 0 Å². The van der Waals surface area contributed by atoms with Gasteiger partial charge in [0.15, 0.2) is 5.78 Å². The summed E-state index contributed by atoms with van der Waals surface area (Å²) in [4.78, 5) is 14.8. The van der Waals surface area contributed by atoms with Gasteiger partial charge < -0.3 is 0 Å². The minimum atomic E-state index is 0.114. The summed E-state index contributed by atoms with van der Waals surface area (Å²) < 4.78 is 0. The maximum Gasteiger partial charge on any atom is 0.177 e. The summed E-state index contributed by atoms with van der Waals surface area (Å²) >= 11 is 14.0. The monoisotopic (exact) mass is 338 g/mol. The zero-order valence-corrected chi connectivity index (χ0v) is 14.0. The van der Waals surface area contributed by atoms with Gasteiger partial charge in [0.25, 0.3) is 0 Å². The Morgan fingerprint density at radius 1 is 1.10 bits per heavy atom. The van der Waals surface area contributed by atoms with Gasteiger partial charge in [-0.15, -0.1) is 11.3 Å². The van der Waals surface area contributed by atoms with Crippen molar-refractivity contribution in [3.8, 4) is 0 Å². The van der Waals surface area contributed by atoms with Crippen LogP contribution in [0, 0.1) is 0 Å². The molecule has 2 aromatic rings. The lowest BCUT2D eigenvalue weighted by atomic mass is 10.1. The third-order valence-electron chi connectivity index (χ3n) is 3.92. The molecule has 1 aliphatic carbocycles. The average Bonchev–Trinajstić information content (AvgIpc) is 2.74. The van der Waals surface area contributed by atoms with E-state index >= 15 is 0 Å². The highest BCUT2D eigenvalue weighted by molar-refractivity contribution is 7.14. The van der Waals surface area contributed by atoms with Crippen LogP contribution in [0.2, 0.25) is 10.0 Å². The largest absolute Gasteiger partial charge is 0.293 e. The molecule has 0 spiro atoms. The van der Waals surface area contributed by atoms with Crippen molar-refractivity contribution < 1.29 is 4.79 Å². The number of hydrogen-bond acceptors (Lipinski definition) is 2. The van der Waals surface area contributed by atoms with Crippen LogP contribution in [0.5, 0.6) is 0 Å². The van der Waals surface area contributed by atoms with Crippen molar-refractivity contribution in [2.24, 2.45) is 0 Å². The Kier molecular flexibility index (Phi) is 4.68. The lowest BCUT2D eigenvalue weighted by Gasteiger charge is -2.05. The van der Waals surface area contributed by atoms with E-state index in [1.165, 1.54) is 29.7 Å². The van der Waals surface area contributed by atoms with Crippen LogP contribution >= 0.6 is 34.5 Å². The minimum absolute atomic E-state index is 0.114. The van der Waals surface area contributed by atoms with Gasteiger partial charge in [0.05, 0.1) is 4.88 Å². The first-order valence-corrected chi connectivity index (χ1v) is 8.80. The highest BCUT2D eigenvalue weighted by Crippen LogP contribution is 2.31. The van der Waals surface area contributed by atoms with E-state index in [0.717, 1.165) is 23.3 Å². The van der Waals surface area contributed by atoms with E-state index in [9.17, 15) is 4.79 Å². The molecule has 0 bridgehead atoms. The summed E-state index contributed by atoms with van der Waals surface area (Å²) in [6.07, 6.45) is 6.25. The molecule has 0 fully saturated rings. The number of hydrogen-bond donors (Lipinski definition) is 0. The molecule has 3 rings (SSSR count). The van der Waals surface area contributed by atoms with Gasteiger partial charge >= 0.3 is 0 Å². The van der Waals surface area contributed by atoms with Crippen molar-refractivity contribution in [2.75, 3.05) is 0 Å². The fourth-order valence-electron chi connectivity index (χ4n) is 2.75. The summed E-state index contributed by atoms with van der Waals surface area (Å²) in [5.74, 6) is 0.114. The molecule has 0 unspecified atom stereocenters. The first kappa shape index (κ1) is 15.1. The van der Waals surface area contributed by atoms with Crippen LogP contribution < -0.4 is 0 Å². The fraction of sp³-hybridized carbons (Fsp3) is 0.353. The van der Waals surface area contributed by atoms with E-state index < -0.39 is 0 Å². The molecule has 0 aliphatic heterocycles. The van der Waals surface area contributed by atoms with Gasteiger partial charge in [0, 0.05) is 21.3 Å². The van der Waals surface area contributed by atoms with Crippen LogP contribution in [-0.2, 0) is 19.3 Å². The molecule has 4 heteroatoms. The number of fused-ring (bicyclic) bond motifs is 1. The summed E-state index contributed by atoms with van der Waals surface area (Å²) in [5.41, 5.74) is 2.10. The lowest BCUT2D eigenvalue weighted by Crippen LogP contribution is -2.02. The normalized spacial score (nSPS) is 14.6. The number of aryl methyl sites for hydroxylation is 2. The van der Waals surface area contributed by atoms with Crippen LogP contribution in [-0.4, -0.2) is 5.78 Å². The summed E-state index contributed by atoms with van der Waals surface area (Å²) in [6.45, 7) is 0. The topological polar surface area (TPSA) is 17.1 Å². The Morgan fingerprint density at radius 2 is 1.81 bits per heavy atom. The Hall–Kier alpha value is -0.830. The molecule has 0 atom stereocenters. The Morgan fingerprint density at radius 3 is 2.57 bits per heavy atom. The van der Waals surface area contributed by atoms with Gasteiger partial charge in [-0.3, -0.25) is 4.79 Å². The lowest BCUT2D eigenvalue weighted by molar-refractivity contribution is 0.0997.